The highest BCUT2D eigenvalue weighted by Gasteiger charge is 2.48. The van der Waals surface area contributed by atoms with Crippen LogP contribution in [-0.2, 0) is 14.3 Å². The van der Waals surface area contributed by atoms with Gasteiger partial charge in [0.25, 0.3) is 0 Å². The lowest BCUT2D eigenvalue weighted by Crippen LogP contribution is -2.56. The number of rotatable bonds is 7. The van der Waals surface area contributed by atoms with Crippen molar-refractivity contribution in [3.05, 3.63) is 59.7 Å². The second-order valence-corrected chi connectivity index (χ2v) is 9.49. The van der Waals surface area contributed by atoms with E-state index in [1.807, 2.05) is 24.3 Å². The summed E-state index contributed by atoms with van der Waals surface area (Å²) in [4.78, 5) is 39.0. The summed E-state index contributed by atoms with van der Waals surface area (Å²) in [7, 11) is 1.55. The molecule has 2 aromatic rings. The fraction of sp³-hybridized carbons (Fsp3) is 0.444. The van der Waals surface area contributed by atoms with Crippen LogP contribution >= 0.6 is 0 Å². The number of amides is 2. The van der Waals surface area contributed by atoms with E-state index in [4.69, 9.17) is 4.74 Å². The van der Waals surface area contributed by atoms with E-state index < -0.39 is 29.6 Å². The lowest BCUT2D eigenvalue weighted by molar-refractivity contribution is -0.159. The number of benzene rings is 2. The van der Waals surface area contributed by atoms with Crippen LogP contribution in [0, 0.1) is 5.92 Å². The quantitative estimate of drug-likeness (QED) is 0.633. The molecule has 0 aromatic heterocycles. The summed E-state index contributed by atoms with van der Waals surface area (Å²) in [5, 5.41) is 12.5. The molecular weight excluding hydrogens is 432 g/mol. The van der Waals surface area contributed by atoms with Gasteiger partial charge in [-0.25, -0.2) is 9.59 Å². The Morgan fingerprint density at radius 1 is 1.03 bits per heavy atom. The molecule has 2 aromatic carbocycles. The average Bonchev–Trinajstić information content (AvgIpc) is 3.46. The number of aliphatic carboxylic acids is 1. The van der Waals surface area contributed by atoms with Gasteiger partial charge in [-0.2, -0.15) is 0 Å². The molecule has 7 heteroatoms. The Balaban J connectivity index is 1.37. The molecule has 34 heavy (non-hydrogen) atoms. The van der Waals surface area contributed by atoms with E-state index in [1.165, 1.54) is 4.90 Å². The molecule has 1 saturated carbocycles. The van der Waals surface area contributed by atoms with E-state index in [2.05, 4.69) is 29.6 Å². The molecule has 0 spiro atoms. The largest absolute Gasteiger partial charge is 0.479 e. The Hall–Kier alpha value is -3.35. The maximum absolute atomic E-state index is 13.1. The highest BCUT2D eigenvalue weighted by molar-refractivity contribution is 5.88. The number of hydrogen-bond acceptors (Lipinski definition) is 4. The van der Waals surface area contributed by atoms with Crippen LogP contribution < -0.4 is 5.32 Å². The van der Waals surface area contributed by atoms with Crippen LogP contribution in [0.5, 0.6) is 0 Å². The molecule has 2 aliphatic carbocycles. The van der Waals surface area contributed by atoms with Crippen molar-refractivity contribution in [1.29, 1.82) is 0 Å². The summed E-state index contributed by atoms with van der Waals surface area (Å²) in [6.45, 7) is 3.63. The molecule has 2 N–H and O–H groups in total. The van der Waals surface area contributed by atoms with Crippen molar-refractivity contribution in [2.75, 3.05) is 13.7 Å². The first-order valence-electron chi connectivity index (χ1n) is 11.9. The fourth-order valence-corrected chi connectivity index (χ4v) is 5.33. The number of nitrogens with zero attached hydrogens (tertiary/aromatic N) is 1. The Labute approximate surface area is 200 Å². The molecule has 0 bridgehead atoms. The molecule has 2 unspecified atom stereocenters. The van der Waals surface area contributed by atoms with Gasteiger partial charge in [-0.05, 0) is 42.0 Å². The van der Waals surface area contributed by atoms with Gasteiger partial charge in [-0.1, -0.05) is 68.3 Å². The van der Waals surface area contributed by atoms with E-state index in [0.717, 1.165) is 35.1 Å². The van der Waals surface area contributed by atoms with Crippen LogP contribution in [0.3, 0.4) is 0 Å². The van der Waals surface area contributed by atoms with Gasteiger partial charge in [0, 0.05) is 19.0 Å². The van der Waals surface area contributed by atoms with Crippen LogP contribution in [0.15, 0.2) is 48.5 Å². The molecule has 0 saturated heterocycles. The zero-order chi connectivity index (χ0) is 24.5. The predicted octanol–water partition coefficient (Wildman–Crippen LogP) is 4.41. The Morgan fingerprint density at radius 2 is 1.56 bits per heavy atom. The Bertz CT molecular complexity index is 1050. The number of carboxylic acid groups (broad SMARTS) is 1. The summed E-state index contributed by atoms with van der Waals surface area (Å²) in [6, 6.07) is 15.7. The first-order chi connectivity index (χ1) is 16.3. The summed E-state index contributed by atoms with van der Waals surface area (Å²) >= 11 is 0. The molecule has 0 aliphatic heterocycles. The normalized spacial score (nSPS) is 17.9. The number of carbonyl (C=O) groups is 3. The van der Waals surface area contributed by atoms with E-state index >= 15 is 0 Å². The minimum Gasteiger partial charge on any atom is -0.479 e. The van der Waals surface area contributed by atoms with Crippen LogP contribution in [0.25, 0.3) is 11.1 Å². The lowest BCUT2D eigenvalue weighted by atomic mass is 9.92. The van der Waals surface area contributed by atoms with Gasteiger partial charge in [0.1, 0.15) is 12.1 Å². The molecule has 0 heterocycles. The van der Waals surface area contributed by atoms with Crippen molar-refractivity contribution >= 4 is 18.0 Å². The molecule has 0 radical (unpaired) electrons. The van der Waals surface area contributed by atoms with Gasteiger partial charge in [0.15, 0.2) is 0 Å². The summed E-state index contributed by atoms with van der Waals surface area (Å²) in [6.07, 6.45) is 1.87. The first-order valence-corrected chi connectivity index (χ1v) is 11.9. The van der Waals surface area contributed by atoms with Crippen LogP contribution in [0.1, 0.15) is 56.6 Å². The number of ether oxygens (including phenoxy) is 1. The van der Waals surface area contributed by atoms with Gasteiger partial charge in [0.05, 0.1) is 5.92 Å². The topological polar surface area (TPSA) is 95.9 Å². The third-order valence-corrected chi connectivity index (χ3v) is 7.63. The number of alkyl carbamates (subject to hydrolysis) is 1. The third-order valence-electron chi connectivity index (χ3n) is 7.63. The molecule has 2 aliphatic rings. The van der Waals surface area contributed by atoms with E-state index in [1.54, 1.807) is 20.9 Å². The second-order valence-electron chi connectivity index (χ2n) is 9.49. The maximum atomic E-state index is 13.1. The first kappa shape index (κ1) is 23.8. The molecule has 2 amide bonds. The minimum absolute atomic E-state index is 0.0450. The van der Waals surface area contributed by atoms with Crippen LogP contribution in [0.4, 0.5) is 4.79 Å². The number of nitrogens with one attached hydrogen (secondary N) is 1. The van der Waals surface area contributed by atoms with Crippen molar-refractivity contribution in [3.8, 4) is 11.1 Å². The molecule has 2 atom stereocenters. The van der Waals surface area contributed by atoms with E-state index in [0.29, 0.717) is 12.8 Å². The zero-order valence-electron chi connectivity index (χ0n) is 19.9. The monoisotopic (exact) mass is 464 g/mol. The van der Waals surface area contributed by atoms with Gasteiger partial charge in [0.2, 0.25) is 5.91 Å². The Morgan fingerprint density at radius 3 is 2.09 bits per heavy atom. The number of carboxylic acids is 1. The highest BCUT2D eigenvalue weighted by atomic mass is 16.5. The van der Waals surface area contributed by atoms with Crippen molar-refractivity contribution in [3.63, 3.8) is 0 Å². The minimum atomic E-state index is -1.16. The molecular formula is C27H32N2O5. The predicted molar refractivity (Wildman–Crippen MR) is 128 cm³/mol. The van der Waals surface area contributed by atoms with E-state index in [-0.39, 0.29) is 18.4 Å². The maximum Gasteiger partial charge on any atom is 0.407 e. The molecule has 7 nitrogen and oxygen atoms in total. The van der Waals surface area contributed by atoms with E-state index in [9.17, 15) is 19.5 Å². The summed E-state index contributed by atoms with van der Waals surface area (Å²) in [5.74, 6) is -1.90. The number of likely N-dealkylation sites (N-methyl/N-ethyl adjacent to an activating group) is 1. The van der Waals surface area contributed by atoms with Gasteiger partial charge in [-0.15, -0.1) is 0 Å². The molecule has 4 rings (SSSR count). The number of hydrogen-bond donors (Lipinski definition) is 2. The smallest absolute Gasteiger partial charge is 0.407 e. The van der Waals surface area contributed by atoms with Crippen LogP contribution in [0.2, 0.25) is 0 Å². The van der Waals surface area contributed by atoms with Gasteiger partial charge < -0.3 is 20.1 Å². The van der Waals surface area contributed by atoms with Crippen molar-refractivity contribution in [1.82, 2.24) is 10.2 Å². The van der Waals surface area contributed by atoms with Crippen molar-refractivity contribution in [2.45, 2.75) is 57.0 Å². The molecule has 180 valence electrons. The van der Waals surface area contributed by atoms with Crippen molar-refractivity contribution < 1.29 is 24.2 Å². The summed E-state index contributed by atoms with van der Waals surface area (Å²) < 4.78 is 5.59. The van der Waals surface area contributed by atoms with Crippen molar-refractivity contribution in [2.24, 2.45) is 5.92 Å². The second kappa shape index (κ2) is 9.49. The number of fused-ring (bicyclic) bond motifs is 3. The fourth-order valence-electron chi connectivity index (χ4n) is 5.33. The molecule has 1 fully saturated rings. The standard InChI is InChI=1S/C27H32N2O5/c1-17(24(30)29(3)27(25(31)32)14-8-9-15-27)18(2)28-26(33)34-16-23-21-12-6-4-10-19(21)20-11-5-7-13-22(20)23/h4-7,10-13,17-18,23H,8-9,14-16H2,1-3H3,(H,28,33)(H,31,32). The Kier molecular flexibility index (Phi) is 6.64. The zero-order valence-corrected chi connectivity index (χ0v) is 19.9. The third kappa shape index (κ3) is 4.15. The average molecular weight is 465 g/mol. The van der Waals surface area contributed by atoms with Gasteiger partial charge in [-0.3, -0.25) is 4.79 Å². The van der Waals surface area contributed by atoms with Crippen LogP contribution in [-0.4, -0.2) is 53.2 Å². The SMILES string of the molecule is CC(NC(=O)OCC1c2ccccc2-c2ccccc21)C(C)C(=O)N(C)C1(C(=O)O)CCCC1. The number of carbonyl (C=O) groups excluding carboxylic acids is 2. The lowest BCUT2D eigenvalue weighted by Gasteiger charge is -2.37. The van der Waals surface area contributed by atoms with Gasteiger partial charge >= 0.3 is 12.1 Å². The highest BCUT2D eigenvalue weighted by Crippen LogP contribution is 2.44. The summed E-state index contributed by atoms with van der Waals surface area (Å²) in [5.41, 5.74) is 3.41.